The van der Waals surface area contributed by atoms with Crippen molar-refractivity contribution in [3.05, 3.63) is 41.5 Å². The van der Waals surface area contributed by atoms with Gasteiger partial charge in [0.2, 0.25) is 5.89 Å². The van der Waals surface area contributed by atoms with E-state index in [0.29, 0.717) is 30.8 Å². The minimum Gasteiger partial charge on any atom is -0.444 e. The lowest BCUT2D eigenvalue weighted by molar-refractivity contribution is 0.463. The lowest BCUT2D eigenvalue weighted by atomic mass is 10.3. The number of aliphatic imine (C=N–C) groups is 1. The first-order chi connectivity index (χ1) is 12.1. The van der Waals surface area contributed by atoms with Crippen molar-refractivity contribution in [1.29, 1.82) is 0 Å². The van der Waals surface area contributed by atoms with Gasteiger partial charge in [0.1, 0.15) is 5.76 Å². The summed E-state index contributed by atoms with van der Waals surface area (Å²) in [7, 11) is 1.71. The Morgan fingerprint density at radius 2 is 2.27 bits per heavy atom. The lowest BCUT2D eigenvalue weighted by Crippen LogP contribution is -2.44. The predicted octanol–water partition coefficient (Wildman–Crippen LogP) is 2.39. The fraction of sp³-hybridized carbons (Fsp3) is 0.471. The second kappa shape index (κ2) is 9.15. The van der Waals surface area contributed by atoms with E-state index < -0.39 is 0 Å². The fourth-order valence-electron chi connectivity index (χ4n) is 2.84. The van der Waals surface area contributed by atoms with Gasteiger partial charge in [0.25, 0.3) is 0 Å². The summed E-state index contributed by atoms with van der Waals surface area (Å²) in [5.74, 6) is 2.23. The SMILES string of the molecule is CN=C(NCc1nc(C)c(C)o1)NC1CCN(c2ncccc2F)C1.I. The number of guanidine groups is 1. The first-order valence-corrected chi connectivity index (χ1v) is 8.32. The van der Waals surface area contributed by atoms with Crippen LogP contribution in [0.2, 0.25) is 0 Å². The van der Waals surface area contributed by atoms with Gasteiger partial charge < -0.3 is 20.0 Å². The van der Waals surface area contributed by atoms with Crippen LogP contribution in [0.15, 0.2) is 27.7 Å². The van der Waals surface area contributed by atoms with Crippen molar-refractivity contribution in [1.82, 2.24) is 20.6 Å². The number of nitrogens with zero attached hydrogens (tertiary/aromatic N) is 4. The zero-order valence-corrected chi connectivity index (χ0v) is 17.5. The van der Waals surface area contributed by atoms with Crippen LogP contribution < -0.4 is 15.5 Å². The molecule has 1 unspecified atom stereocenters. The Balaban J connectivity index is 0.00000243. The topological polar surface area (TPSA) is 78.6 Å². The van der Waals surface area contributed by atoms with Crippen LogP contribution in [-0.2, 0) is 6.54 Å². The molecule has 2 aromatic rings. The molecular weight excluding hydrogens is 450 g/mol. The maximum Gasteiger partial charge on any atom is 0.214 e. The normalized spacial score (nSPS) is 17.2. The molecule has 2 aromatic heterocycles. The van der Waals surface area contributed by atoms with Gasteiger partial charge in [-0.2, -0.15) is 0 Å². The highest BCUT2D eigenvalue weighted by Gasteiger charge is 2.26. The van der Waals surface area contributed by atoms with E-state index in [4.69, 9.17) is 4.42 Å². The van der Waals surface area contributed by atoms with Crippen LogP contribution in [0.3, 0.4) is 0 Å². The van der Waals surface area contributed by atoms with E-state index in [1.165, 1.54) is 6.07 Å². The van der Waals surface area contributed by atoms with E-state index in [2.05, 4.69) is 25.6 Å². The summed E-state index contributed by atoms with van der Waals surface area (Å²) in [6.45, 7) is 5.69. The Bertz CT molecular complexity index is 746. The number of hydrogen-bond donors (Lipinski definition) is 2. The summed E-state index contributed by atoms with van der Waals surface area (Å²) in [4.78, 5) is 14.7. The van der Waals surface area contributed by atoms with Crippen LogP contribution in [0, 0.1) is 19.7 Å². The fourth-order valence-corrected chi connectivity index (χ4v) is 2.84. The molecule has 1 aliphatic rings. The van der Waals surface area contributed by atoms with E-state index in [1.807, 2.05) is 18.7 Å². The molecular formula is C17H24FIN6O. The first-order valence-electron chi connectivity index (χ1n) is 8.32. The highest BCUT2D eigenvalue weighted by molar-refractivity contribution is 14.0. The zero-order chi connectivity index (χ0) is 17.8. The molecule has 142 valence electrons. The minimum absolute atomic E-state index is 0. The van der Waals surface area contributed by atoms with Crippen molar-refractivity contribution < 1.29 is 8.81 Å². The van der Waals surface area contributed by atoms with Crippen LogP contribution >= 0.6 is 24.0 Å². The van der Waals surface area contributed by atoms with Gasteiger partial charge in [0.05, 0.1) is 12.2 Å². The summed E-state index contributed by atoms with van der Waals surface area (Å²) < 4.78 is 19.4. The minimum atomic E-state index is -0.291. The van der Waals surface area contributed by atoms with Gasteiger partial charge in [-0.15, -0.1) is 24.0 Å². The average Bonchev–Trinajstić information content (AvgIpc) is 3.19. The third-order valence-electron chi connectivity index (χ3n) is 4.27. The van der Waals surface area contributed by atoms with Gasteiger partial charge in [-0.25, -0.2) is 14.4 Å². The van der Waals surface area contributed by atoms with Gasteiger partial charge >= 0.3 is 0 Å². The summed E-state index contributed by atoms with van der Waals surface area (Å²) in [6.07, 6.45) is 2.49. The van der Waals surface area contributed by atoms with Crippen LogP contribution in [0.25, 0.3) is 0 Å². The number of nitrogens with one attached hydrogen (secondary N) is 2. The maximum absolute atomic E-state index is 13.9. The number of aryl methyl sites for hydroxylation is 2. The number of aromatic nitrogens is 2. The highest BCUT2D eigenvalue weighted by atomic mass is 127. The molecule has 3 heterocycles. The molecule has 0 bridgehead atoms. The van der Waals surface area contributed by atoms with E-state index in [-0.39, 0.29) is 35.8 Å². The molecule has 26 heavy (non-hydrogen) atoms. The third-order valence-corrected chi connectivity index (χ3v) is 4.27. The number of halogens is 2. The van der Waals surface area contributed by atoms with Crippen LogP contribution in [0.4, 0.5) is 10.2 Å². The van der Waals surface area contributed by atoms with Crippen LogP contribution in [0.5, 0.6) is 0 Å². The van der Waals surface area contributed by atoms with Crippen molar-refractivity contribution in [2.24, 2.45) is 4.99 Å². The van der Waals surface area contributed by atoms with Crippen molar-refractivity contribution in [2.45, 2.75) is 32.9 Å². The summed E-state index contributed by atoms with van der Waals surface area (Å²) in [6, 6.07) is 3.20. The number of anilines is 1. The van der Waals surface area contributed by atoms with Crippen molar-refractivity contribution >= 4 is 35.8 Å². The zero-order valence-electron chi connectivity index (χ0n) is 15.1. The van der Waals surface area contributed by atoms with E-state index in [9.17, 15) is 4.39 Å². The molecule has 1 saturated heterocycles. The number of rotatable bonds is 4. The van der Waals surface area contributed by atoms with E-state index in [0.717, 1.165) is 24.4 Å². The molecule has 0 saturated carbocycles. The van der Waals surface area contributed by atoms with Crippen LogP contribution in [-0.4, -0.2) is 42.1 Å². The first kappa shape index (κ1) is 20.4. The Hall–Kier alpha value is -1.91. The Morgan fingerprint density at radius 3 is 2.92 bits per heavy atom. The number of oxazole rings is 1. The third kappa shape index (κ3) is 4.83. The molecule has 0 aromatic carbocycles. The Labute approximate surface area is 169 Å². The summed E-state index contributed by atoms with van der Waals surface area (Å²) in [5, 5.41) is 6.55. The second-order valence-corrected chi connectivity index (χ2v) is 6.06. The molecule has 0 spiro atoms. The monoisotopic (exact) mass is 474 g/mol. The molecule has 1 atom stereocenters. The van der Waals surface area contributed by atoms with Gasteiger partial charge in [0, 0.05) is 32.4 Å². The standard InChI is InChI=1S/C17H23FN6O.HI/c1-11-12(2)25-15(22-11)9-21-17(19-3)23-13-6-8-24(10-13)16-14(18)5-4-7-20-16;/h4-5,7,13H,6,8-10H2,1-3H3,(H2,19,21,23);1H. The Kier molecular flexibility index (Phi) is 7.18. The summed E-state index contributed by atoms with van der Waals surface area (Å²) >= 11 is 0. The molecule has 2 N–H and O–H groups in total. The molecule has 9 heteroatoms. The Morgan fingerprint density at radius 1 is 1.46 bits per heavy atom. The highest BCUT2D eigenvalue weighted by Crippen LogP contribution is 2.20. The maximum atomic E-state index is 13.9. The van der Waals surface area contributed by atoms with Gasteiger partial charge in [-0.3, -0.25) is 4.99 Å². The van der Waals surface area contributed by atoms with Gasteiger partial charge in [-0.1, -0.05) is 0 Å². The van der Waals surface area contributed by atoms with Crippen molar-refractivity contribution in [3.8, 4) is 0 Å². The second-order valence-electron chi connectivity index (χ2n) is 6.06. The molecule has 0 radical (unpaired) electrons. The smallest absolute Gasteiger partial charge is 0.214 e. The number of pyridine rings is 1. The quantitative estimate of drug-likeness (QED) is 0.403. The molecule has 0 amide bonds. The van der Waals surface area contributed by atoms with E-state index >= 15 is 0 Å². The van der Waals surface area contributed by atoms with Gasteiger partial charge in [0.15, 0.2) is 17.6 Å². The predicted molar refractivity (Wildman–Crippen MR) is 110 cm³/mol. The molecule has 0 aliphatic carbocycles. The molecule has 7 nitrogen and oxygen atoms in total. The molecule has 1 aliphatic heterocycles. The largest absolute Gasteiger partial charge is 0.444 e. The van der Waals surface area contributed by atoms with Crippen molar-refractivity contribution in [2.75, 3.05) is 25.0 Å². The van der Waals surface area contributed by atoms with Gasteiger partial charge in [-0.05, 0) is 32.4 Å². The molecule has 3 rings (SSSR count). The summed E-state index contributed by atoms with van der Waals surface area (Å²) in [5.41, 5.74) is 0.892. The van der Waals surface area contributed by atoms with E-state index in [1.54, 1.807) is 19.3 Å². The average molecular weight is 474 g/mol. The lowest BCUT2D eigenvalue weighted by Gasteiger charge is -2.19. The number of hydrogen-bond acceptors (Lipinski definition) is 5. The van der Waals surface area contributed by atoms with Crippen LogP contribution in [0.1, 0.15) is 23.8 Å². The molecule has 1 fully saturated rings. The van der Waals surface area contributed by atoms with Crippen molar-refractivity contribution in [3.63, 3.8) is 0 Å².